The van der Waals surface area contributed by atoms with Crippen LogP contribution in [-0.4, -0.2) is 23.2 Å². The number of carbonyl (C=O) groups excluding carboxylic acids is 2. The van der Waals surface area contributed by atoms with Crippen molar-refractivity contribution < 1.29 is 9.59 Å². The van der Waals surface area contributed by atoms with Crippen molar-refractivity contribution in [2.75, 3.05) is 12.3 Å². The summed E-state index contributed by atoms with van der Waals surface area (Å²) < 4.78 is 0. The highest BCUT2D eigenvalue weighted by molar-refractivity contribution is 8.13. The normalized spacial score (nSPS) is 9.44. The summed E-state index contributed by atoms with van der Waals surface area (Å²) in [5.41, 5.74) is 6.74. The number of thioether (sulfide) groups is 1. The van der Waals surface area contributed by atoms with Gasteiger partial charge in [-0.2, -0.15) is 0 Å². The summed E-state index contributed by atoms with van der Waals surface area (Å²) in [4.78, 5) is 22.0. The SMILES string of the molecule is CC(=O)SCCC#Cc1ccc(C(=O)CN)cc1. The van der Waals surface area contributed by atoms with Gasteiger partial charge in [-0.05, 0) is 12.1 Å². The van der Waals surface area contributed by atoms with Crippen LogP contribution in [0.15, 0.2) is 24.3 Å². The molecule has 0 atom stereocenters. The maximum Gasteiger partial charge on any atom is 0.185 e. The van der Waals surface area contributed by atoms with Crippen LogP contribution in [-0.2, 0) is 4.79 Å². The molecule has 2 N–H and O–H groups in total. The lowest BCUT2D eigenvalue weighted by atomic mass is 10.1. The second kappa shape index (κ2) is 7.70. The lowest BCUT2D eigenvalue weighted by Gasteiger charge is -1.97. The van der Waals surface area contributed by atoms with Crippen LogP contribution in [0.1, 0.15) is 29.3 Å². The molecule has 0 bridgehead atoms. The highest BCUT2D eigenvalue weighted by atomic mass is 32.2. The minimum absolute atomic E-state index is 0.0211. The predicted octanol–water partition coefficient (Wildman–Crippen LogP) is 1.85. The molecule has 1 aromatic rings. The Labute approximate surface area is 111 Å². The van der Waals surface area contributed by atoms with Crippen LogP contribution in [0.3, 0.4) is 0 Å². The number of hydrogen-bond donors (Lipinski definition) is 1. The molecule has 0 aromatic heterocycles. The van der Waals surface area contributed by atoms with Crippen molar-refractivity contribution in [3.05, 3.63) is 35.4 Å². The van der Waals surface area contributed by atoms with Crippen LogP contribution in [0.4, 0.5) is 0 Å². The molecule has 1 rings (SSSR count). The van der Waals surface area contributed by atoms with E-state index in [9.17, 15) is 9.59 Å². The highest BCUT2D eigenvalue weighted by Gasteiger charge is 2.01. The summed E-state index contributed by atoms with van der Waals surface area (Å²) in [6.07, 6.45) is 0.674. The maximum atomic E-state index is 11.3. The van der Waals surface area contributed by atoms with Crippen molar-refractivity contribution in [3.8, 4) is 11.8 Å². The van der Waals surface area contributed by atoms with Gasteiger partial charge in [0, 0.05) is 30.2 Å². The third-order valence-corrected chi connectivity index (χ3v) is 2.97. The topological polar surface area (TPSA) is 60.2 Å². The van der Waals surface area contributed by atoms with Gasteiger partial charge in [0.2, 0.25) is 0 Å². The fourth-order valence-electron chi connectivity index (χ4n) is 1.27. The molecular weight excluding hydrogens is 246 g/mol. The molecule has 0 saturated heterocycles. The monoisotopic (exact) mass is 261 g/mol. The van der Waals surface area contributed by atoms with Gasteiger partial charge in [0.25, 0.3) is 0 Å². The standard InChI is InChI=1S/C14H15NO2S/c1-11(16)18-9-3-2-4-12-5-7-13(8-6-12)14(17)10-15/h5-8H,3,9-10,15H2,1H3. The molecule has 4 heteroatoms. The first-order chi connectivity index (χ1) is 8.63. The summed E-state index contributed by atoms with van der Waals surface area (Å²) in [5.74, 6) is 6.61. The molecule has 3 nitrogen and oxygen atoms in total. The van der Waals surface area contributed by atoms with Crippen molar-refractivity contribution in [2.45, 2.75) is 13.3 Å². The molecule has 94 valence electrons. The van der Waals surface area contributed by atoms with Crippen LogP contribution in [0.2, 0.25) is 0 Å². The quantitative estimate of drug-likeness (QED) is 0.510. The van der Waals surface area contributed by atoms with Gasteiger partial charge in [-0.15, -0.1) is 0 Å². The zero-order chi connectivity index (χ0) is 13.4. The Morgan fingerprint density at radius 2 is 1.94 bits per heavy atom. The largest absolute Gasteiger partial charge is 0.324 e. The van der Waals surface area contributed by atoms with Crippen molar-refractivity contribution in [3.63, 3.8) is 0 Å². The minimum Gasteiger partial charge on any atom is -0.324 e. The van der Waals surface area contributed by atoms with Crippen LogP contribution in [0, 0.1) is 11.8 Å². The maximum absolute atomic E-state index is 11.3. The lowest BCUT2D eigenvalue weighted by molar-refractivity contribution is -0.109. The van der Waals surface area contributed by atoms with Gasteiger partial charge in [-0.25, -0.2) is 0 Å². The Morgan fingerprint density at radius 3 is 2.50 bits per heavy atom. The lowest BCUT2D eigenvalue weighted by Crippen LogP contribution is -2.13. The van der Waals surface area contributed by atoms with Gasteiger partial charge in [0.15, 0.2) is 10.9 Å². The second-order valence-electron chi connectivity index (χ2n) is 3.60. The fraction of sp³-hybridized carbons (Fsp3) is 0.286. The first-order valence-corrected chi connectivity index (χ1v) is 6.57. The van der Waals surface area contributed by atoms with E-state index in [-0.39, 0.29) is 17.4 Å². The Morgan fingerprint density at radius 1 is 1.28 bits per heavy atom. The Kier molecular flexibility index (Phi) is 6.20. The van der Waals surface area contributed by atoms with Crippen molar-refractivity contribution in [2.24, 2.45) is 5.73 Å². The minimum atomic E-state index is -0.0765. The third-order valence-electron chi connectivity index (χ3n) is 2.16. The summed E-state index contributed by atoms with van der Waals surface area (Å²) in [7, 11) is 0. The van der Waals surface area contributed by atoms with Crippen molar-refractivity contribution in [1.29, 1.82) is 0 Å². The van der Waals surface area contributed by atoms with E-state index in [1.807, 2.05) is 0 Å². The molecule has 0 amide bonds. The molecule has 0 heterocycles. The third kappa shape index (κ3) is 5.17. The molecule has 0 aliphatic heterocycles. The molecule has 0 unspecified atom stereocenters. The molecule has 0 fully saturated rings. The highest BCUT2D eigenvalue weighted by Crippen LogP contribution is 2.05. The van der Waals surface area contributed by atoms with E-state index >= 15 is 0 Å². The number of benzene rings is 1. The van der Waals surface area contributed by atoms with E-state index in [4.69, 9.17) is 5.73 Å². The van der Waals surface area contributed by atoms with Gasteiger partial charge in [0.05, 0.1) is 6.54 Å². The second-order valence-corrected chi connectivity index (χ2v) is 4.87. The number of hydrogen-bond acceptors (Lipinski definition) is 4. The van der Waals surface area contributed by atoms with Gasteiger partial charge >= 0.3 is 0 Å². The zero-order valence-electron chi connectivity index (χ0n) is 10.2. The van der Waals surface area contributed by atoms with Crippen LogP contribution in [0.5, 0.6) is 0 Å². The van der Waals surface area contributed by atoms with Crippen LogP contribution in [0.25, 0.3) is 0 Å². The first-order valence-electron chi connectivity index (χ1n) is 5.59. The first kappa shape index (κ1) is 14.5. The fourth-order valence-corrected chi connectivity index (χ4v) is 1.76. The molecular formula is C14H15NO2S. The number of ketones is 1. The van der Waals surface area contributed by atoms with Gasteiger partial charge in [-0.1, -0.05) is 35.7 Å². The van der Waals surface area contributed by atoms with E-state index in [0.717, 1.165) is 5.56 Å². The molecule has 18 heavy (non-hydrogen) atoms. The number of Topliss-reactive ketones (excluding diaryl/α,β-unsaturated/α-hetero) is 1. The van der Waals surface area contributed by atoms with Crippen molar-refractivity contribution in [1.82, 2.24) is 0 Å². The Balaban J connectivity index is 2.51. The van der Waals surface area contributed by atoms with E-state index in [2.05, 4.69) is 11.8 Å². The summed E-state index contributed by atoms with van der Waals surface area (Å²) in [5, 5.41) is 0.112. The Bertz CT molecular complexity index is 483. The van der Waals surface area contributed by atoms with Crippen molar-refractivity contribution >= 4 is 22.7 Å². The summed E-state index contributed by atoms with van der Waals surface area (Å²) in [6.45, 7) is 1.57. The Hall–Kier alpha value is -1.57. The van der Waals surface area contributed by atoms with E-state index in [0.29, 0.717) is 17.7 Å². The number of carbonyl (C=O) groups is 2. The molecule has 0 spiro atoms. The molecule has 0 saturated carbocycles. The summed E-state index contributed by atoms with van der Waals surface area (Å²) >= 11 is 1.28. The van der Waals surface area contributed by atoms with E-state index < -0.39 is 0 Å². The van der Waals surface area contributed by atoms with E-state index in [1.54, 1.807) is 31.2 Å². The van der Waals surface area contributed by atoms with Gasteiger partial charge < -0.3 is 5.73 Å². The number of rotatable bonds is 4. The van der Waals surface area contributed by atoms with Gasteiger partial charge in [-0.3, -0.25) is 9.59 Å². The number of nitrogens with two attached hydrogens (primary N) is 1. The molecule has 0 aliphatic carbocycles. The molecule has 0 radical (unpaired) electrons. The van der Waals surface area contributed by atoms with E-state index in [1.165, 1.54) is 11.8 Å². The smallest absolute Gasteiger partial charge is 0.185 e. The van der Waals surface area contributed by atoms with Crippen LogP contribution >= 0.6 is 11.8 Å². The predicted molar refractivity (Wildman–Crippen MR) is 74.5 cm³/mol. The molecule has 1 aromatic carbocycles. The molecule has 0 aliphatic rings. The van der Waals surface area contributed by atoms with Gasteiger partial charge in [0.1, 0.15) is 0 Å². The van der Waals surface area contributed by atoms with Crippen LogP contribution < -0.4 is 5.73 Å². The zero-order valence-corrected chi connectivity index (χ0v) is 11.0. The average molecular weight is 261 g/mol. The summed E-state index contributed by atoms with van der Waals surface area (Å²) in [6, 6.07) is 7.05. The average Bonchev–Trinajstić information content (AvgIpc) is 2.38.